The molecule has 90 valence electrons. The smallest absolute Gasteiger partial charge is 0.273 e. The topological polar surface area (TPSA) is 60.2 Å². The van der Waals surface area contributed by atoms with Crippen molar-refractivity contribution in [3.05, 3.63) is 38.3 Å². The molecule has 0 aromatic heterocycles. The summed E-state index contributed by atoms with van der Waals surface area (Å²) in [5.74, 6) is 0.206. The molecule has 17 heavy (non-hydrogen) atoms. The lowest BCUT2D eigenvalue weighted by Crippen LogP contribution is -2.10. The molecule has 0 bridgehead atoms. The van der Waals surface area contributed by atoms with Crippen molar-refractivity contribution >= 4 is 27.4 Å². The maximum absolute atomic E-state index is 11.5. The first kappa shape index (κ1) is 12.2. The Morgan fingerprint density at radius 1 is 1.47 bits per heavy atom. The molecule has 1 aliphatic carbocycles. The van der Waals surface area contributed by atoms with Gasteiger partial charge in [-0.2, -0.15) is 0 Å². The second-order valence-electron chi connectivity index (χ2n) is 4.29. The SMILES string of the molecule is O=C1CCCC1Cc1ccc(Br)cc1[N+](=O)[O-]. The summed E-state index contributed by atoms with van der Waals surface area (Å²) in [5.41, 5.74) is 0.748. The van der Waals surface area contributed by atoms with Crippen LogP contribution in [-0.4, -0.2) is 10.7 Å². The third-order valence-corrected chi connectivity index (χ3v) is 3.63. The number of carbonyl (C=O) groups is 1. The van der Waals surface area contributed by atoms with Crippen molar-refractivity contribution in [1.29, 1.82) is 0 Å². The van der Waals surface area contributed by atoms with Gasteiger partial charge < -0.3 is 0 Å². The third kappa shape index (κ3) is 2.72. The number of hydrogen-bond donors (Lipinski definition) is 0. The van der Waals surface area contributed by atoms with Gasteiger partial charge in [-0.25, -0.2) is 0 Å². The van der Waals surface area contributed by atoms with E-state index in [1.165, 1.54) is 6.07 Å². The van der Waals surface area contributed by atoms with E-state index in [0.717, 1.165) is 12.8 Å². The summed E-state index contributed by atoms with van der Waals surface area (Å²) in [4.78, 5) is 22.1. The highest BCUT2D eigenvalue weighted by molar-refractivity contribution is 9.10. The number of nitro benzene ring substituents is 1. The van der Waals surface area contributed by atoms with Crippen LogP contribution in [0.15, 0.2) is 22.7 Å². The van der Waals surface area contributed by atoms with Crippen LogP contribution in [0.1, 0.15) is 24.8 Å². The van der Waals surface area contributed by atoms with E-state index < -0.39 is 0 Å². The summed E-state index contributed by atoms with van der Waals surface area (Å²) in [7, 11) is 0. The summed E-state index contributed by atoms with van der Waals surface area (Å²) in [5, 5.41) is 10.9. The molecule has 1 aromatic carbocycles. The highest BCUT2D eigenvalue weighted by atomic mass is 79.9. The minimum Gasteiger partial charge on any atom is -0.299 e. The van der Waals surface area contributed by atoms with Crippen LogP contribution in [0.2, 0.25) is 0 Å². The largest absolute Gasteiger partial charge is 0.299 e. The van der Waals surface area contributed by atoms with Gasteiger partial charge in [-0.15, -0.1) is 0 Å². The Hall–Kier alpha value is -1.23. The van der Waals surface area contributed by atoms with Gasteiger partial charge in [0.2, 0.25) is 0 Å². The summed E-state index contributed by atoms with van der Waals surface area (Å²) >= 11 is 3.22. The fourth-order valence-electron chi connectivity index (χ4n) is 2.25. The average Bonchev–Trinajstić information content (AvgIpc) is 2.67. The van der Waals surface area contributed by atoms with Crippen molar-refractivity contribution < 1.29 is 9.72 Å². The van der Waals surface area contributed by atoms with Crippen LogP contribution in [0.4, 0.5) is 5.69 Å². The van der Waals surface area contributed by atoms with Crippen molar-refractivity contribution in [3.8, 4) is 0 Å². The Bertz CT molecular complexity index is 473. The molecule has 0 spiro atoms. The summed E-state index contributed by atoms with van der Waals surface area (Å²) in [6.07, 6.45) is 2.87. The predicted octanol–water partition coefficient (Wildman–Crippen LogP) is 3.27. The molecule has 1 saturated carbocycles. The monoisotopic (exact) mass is 297 g/mol. The van der Waals surface area contributed by atoms with E-state index in [1.54, 1.807) is 12.1 Å². The van der Waals surface area contributed by atoms with Gasteiger partial charge in [-0.3, -0.25) is 14.9 Å². The third-order valence-electron chi connectivity index (χ3n) is 3.14. The summed E-state index contributed by atoms with van der Waals surface area (Å²) in [6.45, 7) is 0. The lowest BCUT2D eigenvalue weighted by Gasteiger charge is -2.08. The highest BCUT2D eigenvalue weighted by Crippen LogP contribution is 2.30. The molecule has 0 N–H and O–H groups in total. The average molecular weight is 298 g/mol. The van der Waals surface area contributed by atoms with Gasteiger partial charge >= 0.3 is 0 Å². The Balaban J connectivity index is 2.25. The fourth-order valence-corrected chi connectivity index (χ4v) is 2.60. The first-order valence-corrected chi connectivity index (χ1v) is 6.33. The number of halogens is 1. The lowest BCUT2D eigenvalue weighted by atomic mass is 9.96. The Morgan fingerprint density at radius 3 is 2.82 bits per heavy atom. The molecule has 0 heterocycles. The molecule has 1 unspecified atom stereocenters. The molecule has 1 fully saturated rings. The fraction of sp³-hybridized carbons (Fsp3) is 0.417. The van der Waals surface area contributed by atoms with Gasteiger partial charge in [0.15, 0.2) is 0 Å². The number of carbonyl (C=O) groups excluding carboxylic acids is 1. The molecule has 5 heteroatoms. The van der Waals surface area contributed by atoms with Gasteiger partial charge in [0.25, 0.3) is 5.69 Å². The summed E-state index contributed by atoms with van der Waals surface area (Å²) in [6, 6.07) is 5.00. The highest BCUT2D eigenvalue weighted by Gasteiger charge is 2.27. The lowest BCUT2D eigenvalue weighted by molar-refractivity contribution is -0.385. The van der Waals surface area contributed by atoms with Crippen LogP contribution in [0, 0.1) is 16.0 Å². The van der Waals surface area contributed by atoms with Crippen LogP contribution < -0.4 is 0 Å². The zero-order chi connectivity index (χ0) is 12.4. The minimum atomic E-state index is -0.389. The standard InChI is InChI=1S/C12H12BrNO3/c13-10-5-4-8(11(7-10)14(16)17)6-9-2-1-3-12(9)15/h4-5,7,9H,1-3,6H2. The molecule has 0 amide bonds. The van der Waals surface area contributed by atoms with Crippen LogP contribution in [-0.2, 0) is 11.2 Å². The molecule has 0 saturated heterocycles. The van der Waals surface area contributed by atoms with Crippen molar-refractivity contribution in [2.24, 2.45) is 5.92 Å². The molecule has 1 aromatic rings. The number of hydrogen-bond acceptors (Lipinski definition) is 3. The van der Waals surface area contributed by atoms with Crippen molar-refractivity contribution in [1.82, 2.24) is 0 Å². The Kier molecular flexibility index (Phi) is 3.57. The second-order valence-corrected chi connectivity index (χ2v) is 5.21. The molecule has 2 rings (SSSR count). The van der Waals surface area contributed by atoms with Gasteiger partial charge in [-0.1, -0.05) is 22.0 Å². The van der Waals surface area contributed by atoms with Crippen LogP contribution in [0.5, 0.6) is 0 Å². The molecule has 0 radical (unpaired) electrons. The second kappa shape index (κ2) is 4.96. The first-order chi connectivity index (χ1) is 8.08. The van der Waals surface area contributed by atoms with Crippen molar-refractivity contribution in [2.75, 3.05) is 0 Å². The van der Waals surface area contributed by atoms with E-state index >= 15 is 0 Å². The number of nitro groups is 1. The van der Waals surface area contributed by atoms with E-state index in [9.17, 15) is 14.9 Å². The molecule has 4 nitrogen and oxygen atoms in total. The van der Waals surface area contributed by atoms with Crippen LogP contribution in [0.3, 0.4) is 0 Å². The predicted molar refractivity (Wildman–Crippen MR) is 66.8 cm³/mol. The first-order valence-electron chi connectivity index (χ1n) is 5.53. The van der Waals surface area contributed by atoms with Crippen molar-refractivity contribution in [2.45, 2.75) is 25.7 Å². The normalized spacial score (nSPS) is 19.6. The van der Waals surface area contributed by atoms with Gasteiger partial charge in [-0.05, 0) is 25.3 Å². The molecule has 1 atom stereocenters. The molecular weight excluding hydrogens is 286 g/mol. The zero-order valence-electron chi connectivity index (χ0n) is 9.19. The van der Waals surface area contributed by atoms with Gasteiger partial charge in [0.05, 0.1) is 4.92 Å². The number of nitrogens with zero attached hydrogens (tertiary/aromatic N) is 1. The number of rotatable bonds is 3. The minimum absolute atomic E-state index is 0.0325. The van der Waals surface area contributed by atoms with E-state index in [4.69, 9.17) is 0 Å². The van der Waals surface area contributed by atoms with E-state index in [0.29, 0.717) is 22.9 Å². The number of Topliss-reactive ketones (excluding diaryl/α,β-unsaturated/α-hetero) is 1. The Morgan fingerprint density at radius 2 is 2.24 bits per heavy atom. The maximum atomic E-state index is 11.5. The summed E-state index contributed by atoms with van der Waals surface area (Å²) < 4.78 is 0.686. The molecule has 0 aliphatic heterocycles. The molecule has 1 aliphatic rings. The maximum Gasteiger partial charge on any atom is 0.273 e. The van der Waals surface area contributed by atoms with Gasteiger partial charge in [0, 0.05) is 28.4 Å². The molecular formula is C12H12BrNO3. The quantitative estimate of drug-likeness (QED) is 0.635. The van der Waals surface area contributed by atoms with Crippen molar-refractivity contribution in [3.63, 3.8) is 0 Å². The van der Waals surface area contributed by atoms with E-state index in [2.05, 4.69) is 15.9 Å². The van der Waals surface area contributed by atoms with Gasteiger partial charge in [0.1, 0.15) is 5.78 Å². The van der Waals surface area contributed by atoms with Crippen LogP contribution in [0.25, 0.3) is 0 Å². The van der Waals surface area contributed by atoms with E-state index in [-0.39, 0.29) is 22.3 Å². The zero-order valence-corrected chi connectivity index (χ0v) is 10.8. The van der Waals surface area contributed by atoms with E-state index in [1.807, 2.05) is 0 Å². The Labute approximate surface area is 107 Å². The number of ketones is 1. The number of benzene rings is 1. The van der Waals surface area contributed by atoms with Crippen LogP contribution >= 0.6 is 15.9 Å².